The Balaban J connectivity index is 2.12. The zero-order valence-electron chi connectivity index (χ0n) is 11.6. The molecule has 0 amide bonds. The van der Waals surface area contributed by atoms with Gasteiger partial charge in [0.2, 0.25) is 0 Å². The molecular weight excluding hydrogens is 224 g/mol. The van der Waals surface area contributed by atoms with Crippen molar-refractivity contribution in [3.8, 4) is 0 Å². The summed E-state index contributed by atoms with van der Waals surface area (Å²) >= 11 is 0. The monoisotopic (exact) mass is 248 g/mol. The fourth-order valence-electron chi connectivity index (χ4n) is 2.43. The number of benzene rings is 1. The van der Waals surface area contributed by atoms with Gasteiger partial charge in [0, 0.05) is 31.4 Å². The number of hydrogen-bond acceptors (Lipinski definition) is 3. The minimum absolute atomic E-state index is 0.486. The second-order valence-corrected chi connectivity index (χ2v) is 5.83. The van der Waals surface area contributed by atoms with Gasteiger partial charge < -0.3 is 15.3 Å². The van der Waals surface area contributed by atoms with Crippen molar-refractivity contribution < 1.29 is 5.11 Å². The molecule has 2 rings (SSSR count). The molecule has 3 nitrogen and oxygen atoms in total. The van der Waals surface area contributed by atoms with Gasteiger partial charge in [0.05, 0.1) is 5.60 Å². The van der Waals surface area contributed by atoms with Gasteiger partial charge in [-0.15, -0.1) is 0 Å². The minimum Gasteiger partial charge on any atom is -0.388 e. The number of nitrogens with zero attached hydrogens (tertiary/aromatic N) is 1. The molecule has 1 aromatic rings. The number of aliphatic hydroxyl groups is 1. The van der Waals surface area contributed by atoms with E-state index in [9.17, 15) is 5.11 Å². The fraction of sp³-hybridized carbons (Fsp3) is 0.600. The number of anilines is 1. The molecule has 2 N–H and O–H groups in total. The van der Waals surface area contributed by atoms with Gasteiger partial charge in [-0.1, -0.05) is 32.0 Å². The first-order chi connectivity index (χ1) is 8.48. The van der Waals surface area contributed by atoms with Gasteiger partial charge in [0.1, 0.15) is 0 Å². The lowest BCUT2D eigenvalue weighted by Gasteiger charge is -2.24. The van der Waals surface area contributed by atoms with Crippen LogP contribution in [0.25, 0.3) is 0 Å². The zero-order chi connectivity index (χ0) is 13.2. The van der Waals surface area contributed by atoms with E-state index in [0.717, 1.165) is 26.1 Å². The lowest BCUT2D eigenvalue weighted by atomic mass is 10.1. The van der Waals surface area contributed by atoms with Crippen LogP contribution in [0.4, 0.5) is 5.69 Å². The van der Waals surface area contributed by atoms with Gasteiger partial charge in [-0.3, -0.25) is 0 Å². The average molecular weight is 248 g/mol. The Morgan fingerprint density at radius 2 is 2.11 bits per heavy atom. The number of nitrogens with one attached hydrogen (secondary N) is 1. The largest absolute Gasteiger partial charge is 0.388 e. The summed E-state index contributed by atoms with van der Waals surface area (Å²) in [6.45, 7) is 8.78. The van der Waals surface area contributed by atoms with Crippen LogP contribution in [-0.2, 0) is 6.54 Å². The smallest absolute Gasteiger partial charge is 0.0810 e. The van der Waals surface area contributed by atoms with E-state index < -0.39 is 5.60 Å². The van der Waals surface area contributed by atoms with Crippen molar-refractivity contribution in [3.05, 3.63) is 29.8 Å². The third kappa shape index (κ3) is 3.24. The molecule has 1 aromatic carbocycles. The molecule has 0 aliphatic carbocycles. The predicted octanol–water partition coefficient (Wildman–Crippen LogP) is 2.15. The van der Waals surface area contributed by atoms with E-state index >= 15 is 0 Å². The standard InChI is InChI=1S/C15H24N2O/c1-12(2)16-10-13-6-4-5-7-14(13)17-9-8-15(3,18)11-17/h4-7,12,16,18H,8-11H2,1-3H3. The molecular formula is C15H24N2O. The quantitative estimate of drug-likeness (QED) is 0.857. The van der Waals surface area contributed by atoms with Crippen molar-refractivity contribution >= 4 is 5.69 Å². The third-order valence-corrected chi connectivity index (χ3v) is 3.48. The molecule has 3 heteroatoms. The molecule has 0 spiro atoms. The maximum absolute atomic E-state index is 10.1. The van der Waals surface area contributed by atoms with Crippen molar-refractivity contribution in [1.29, 1.82) is 0 Å². The van der Waals surface area contributed by atoms with E-state index in [0.29, 0.717) is 6.04 Å². The van der Waals surface area contributed by atoms with E-state index in [-0.39, 0.29) is 0 Å². The summed E-state index contributed by atoms with van der Waals surface area (Å²) in [5, 5.41) is 13.5. The van der Waals surface area contributed by atoms with E-state index in [2.05, 4.69) is 48.3 Å². The Hall–Kier alpha value is -1.06. The summed E-state index contributed by atoms with van der Waals surface area (Å²) in [6.07, 6.45) is 0.846. The Morgan fingerprint density at radius 3 is 2.72 bits per heavy atom. The Kier molecular flexibility index (Phi) is 3.93. The molecule has 1 unspecified atom stereocenters. The van der Waals surface area contributed by atoms with Gasteiger partial charge in [-0.25, -0.2) is 0 Å². The first-order valence-electron chi connectivity index (χ1n) is 6.76. The Labute approximate surface area is 110 Å². The molecule has 0 saturated carbocycles. The molecule has 100 valence electrons. The van der Waals surface area contributed by atoms with E-state index in [1.54, 1.807) is 0 Å². The Bertz CT molecular complexity index is 401. The van der Waals surface area contributed by atoms with E-state index in [1.807, 2.05) is 6.92 Å². The zero-order valence-corrected chi connectivity index (χ0v) is 11.6. The highest BCUT2D eigenvalue weighted by Gasteiger charge is 2.32. The van der Waals surface area contributed by atoms with Crippen LogP contribution in [0.15, 0.2) is 24.3 Å². The highest BCUT2D eigenvalue weighted by molar-refractivity contribution is 5.54. The SMILES string of the molecule is CC(C)NCc1ccccc1N1CCC(C)(O)C1. The topological polar surface area (TPSA) is 35.5 Å². The summed E-state index contributed by atoms with van der Waals surface area (Å²) in [6, 6.07) is 8.95. The molecule has 1 aliphatic rings. The van der Waals surface area contributed by atoms with Crippen molar-refractivity contribution in [1.82, 2.24) is 5.32 Å². The summed E-state index contributed by atoms with van der Waals surface area (Å²) in [5.74, 6) is 0. The number of rotatable bonds is 4. The van der Waals surface area contributed by atoms with Crippen LogP contribution >= 0.6 is 0 Å². The van der Waals surface area contributed by atoms with E-state index in [4.69, 9.17) is 0 Å². The molecule has 0 radical (unpaired) electrons. The molecule has 1 heterocycles. The molecule has 1 fully saturated rings. The summed E-state index contributed by atoms with van der Waals surface area (Å²) in [7, 11) is 0. The maximum atomic E-state index is 10.1. The Morgan fingerprint density at radius 1 is 1.39 bits per heavy atom. The second kappa shape index (κ2) is 5.29. The molecule has 0 bridgehead atoms. The number of para-hydroxylation sites is 1. The first-order valence-corrected chi connectivity index (χ1v) is 6.76. The number of hydrogen-bond donors (Lipinski definition) is 2. The van der Waals surface area contributed by atoms with Gasteiger partial charge in [0.15, 0.2) is 0 Å². The van der Waals surface area contributed by atoms with Crippen LogP contribution in [0.2, 0.25) is 0 Å². The van der Waals surface area contributed by atoms with Crippen LogP contribution < -0.4 is 10.2 Å². The molecule has 1 saturated heterocycles. The van der Waals surface area contributed by atoms with Gasteiger partial charge in [-0.05, 0) is 25.0 Å². The van der Waals surface area contributed by atoms with E-state index in [1.165, 1.54) is 11.3 Å². The van der Waals surface area contributed by atoms with Crippen molar-refractivity contribution in [2.24, 2.45) is 0 Å². The lowest BCUT2D eigenvalue weighted by Crippen LogP contribution is -2.30. The first kappa shape index (κ1) is 13.4. The van der Waals surface area contributed by atoms with Gasteiger partial charge >= 0.3 is 0 Å². The number of β-amino-alcohol motifs (C(OH)–C–C–N with tert-alkyl or cyclic N) is 1. The fourth-order valence-corrected chi connectivity index (χ4v) is 2.43. The molecule has 1 aliphatic heterocycles. The second-order valence-electron chi connectivity index (χ2n) is 5.83. The third-order valence-electron chi connectivity index (χ3n) is 3.48. The van der Waals surface area contributed by atoms with Gasteiger partial charge in [-0.2, -0.15) is 0 Å². The van der Waals surface area contributed by atoms with Crippen LogP contribution in [0.3, 0.4) is 0 Å². The maximum Gasteiger partial charge on any atom is 0.0810 e. The van der Waals surface area contributed by atoms with Crippen molar-refractivity contribution in [2.45, 2.75) is 45.4 Å². The summed E-state index contributed by atoms with van der Waals surface area (Å²) < 4.78 is 0. The normalized spacial score (nSPS) is 23.9. The molecule has 0 aromatic heterocycles. The summed E-state index contributed by atoms with van der Waals surface area (Å²) in [4.78, 5) is 2.29. The highest BCUT2D eigenvalue weighted by atomic mass is 16.3. The minimum atomic E-state index is -0.543. The lowest BCUT2D eigenvalue weighted by molar-refractivity contribution is 0.0839. The summed E-state index contributed by atoms with van der Waals surface area (Å²) in [5.41, 5.74) is 2.02. The van der Waals surface area contributed by atoms with Crippen LogP contribution in [-0.4, -0.2) is 29.8 Å². The van der Waals surface area contributed by atoms with Crippen molar-refractivity contribution in [3.63, 3.8) is 0 Å². The molecule has 18 heavy (non-hydrogen) atoms. The van der Waals surface area contributed by atoms with Crippen LogP contribution in [0, 0.1) is 0 Å². The highest BCUT2D eigenvalue weighted by Crippen LogP contribution is 2.28. The predicted molar refractivity (Wildman–Crippen MR) is 75.9 cm³/mol. The van der Waals surface area contributed by atoms with Crippen LogP contribution in [0.1, 0.15) is 32.8 Å². The average Bonchev–Trinajstić information content (AvgIpc) is 2.67. The van der Waals surface area contributed by atoms with Crippen molar-refractivity contribution in [2.75, 3.05) is 18.0 Å². The molecule has 1 atom stereocenters. The van der Waals surface area contributed by atoms with Crippen LogP contribution in [0.5, 0.6) is 0 Å². The van der Waals surface area contributed by atoms with Gasteiger partial charge in [0.25, 0.3) is 0 Å².